The topological polar surface area (TPSA) is 38.6 Å². The average Bonchev–Trinajstić information content (AvgIpc) is 2.58. The Labute approximate surface area is 52.6 Å². The van der Waals surface area contributed by atoms with Crippen molar-refractivity contribution in [3.05, 3.63) is 17.5 Å². The van der Waals surface area contributed by atoms with Crippen LogP contribution in [0.2, 0.25) is 0 Å². The Kier molecular flexibility index (Phi) is 0.873. The second kappa shape index (κ2) is 1.57. The van der Waals surface area contributed by atoms with E-state index in [1.165, 1.54) is 0 Å². The van der Waals surface area contributed by atoms with Crippen LogP contribution in [0.5, 0.6) is 0 Å². The van der Waals surface area contributed by atoms with Gasteiger partial charge in [-0.2, -0.15) is 0 Å². The second-order valence-electron chi connectivity index (χ2n) is 2.16. The summed E-state index contributed by atoms with van der Waals surface area (Å²) in [5, 5.41) is 3.63. The quantitative estimate of drug-likeness (QED) is 0.526. The Morgan fingerprint density at radius 1 is 1.78 bits per heavy atom. The molecule has 1 aromatic rings. The summed E-state index contributed by atoms with van der Waals surface area (Å²) in [5.41, 5.74) is 1.09. The van der Waals surface area contributed by atoms with Crippen LogP contribution < -0.4 is 0 Å². The highest BCUT2D eigenvalue weighted by atomic mass is 16.6. The van der Waals surface area contributed by atoms with Crippen LogP contribution in [0.25, 0.3) is 0 Å². The molecule has 3 nitrogen and oxygen atoms in total. The van der Waals surface area contributed by atoms with Crippen LogP contribution in [-0.2, 0) is 4.74 Å². The highest BCUT2D eigenvalue weighted by Gasteiger charge is 2.28. The van der Waals surface area contributed by atoms with Crippen molar-refractivity contribution in [1.82, 2.24) is 5.16 Å². The molecule has 1 aliphatic heterocycles. The Morgan fingerprint density at radius 2 is 2.56 bits per heavy atom. The van der Waals surface area contributed by atoms with Gasteiger partial charge in [0.25, 0.3) is 0 Å². The zero-order valence-corrected chi connectivity index (χ0v) is 5.13. The molecule has 2 rings (SSSR count). The van der Waals surface area contributed by atoms with Crippen molar-refractivity contribution in [1.29, 1.82) is 0 Å². The lowest BCUT2D eigenvalue weighted by atomic mass is 10.2. The summed E-state index contributed by atoms with van der Waals surface area (Å²) < 4.78 is 9.87. The number of epoxide rings is 1. The lowest BCUT2D eigenvalue weighted by Crippen LogP contribution is -1.76. The summed E-state index contributed by atoms with van der Waals surface area (Å²) >= 11 is 0. The van der Waals surface area contributed by atoms with Gasteiger partial charge in [0.15, 0.2) is 0 Å². The van der Waals surface area contributed by atoms with E-state index in [4.69, 9.17) is 9.26 Å². The van der Waals surface area contributed by atoms with Gasteiger partial charge in [-0.05, 0) is 6.92 Å². The maximum Gasteiger partial charge on any atom is 0.139 e. The number of aryl methyl sites for hydroxylation is 1. The second-order valence-corrected chi connectivity index (χ2v) is 2.16. The molecule has 0 bridgehead atoms. The number of nitrogens with zero attached hydrogens (tertiary/aromatic N) is 1. The minimum atomic E-state index is 0.274. The maximum absolute atomic E-state index is 5.03. The van der Waals surface area contributed by atoms with Crippen molar-refractivity contribution in [3.63, 3.8) is 0 Å². The van der Waals surface area contributed by atoms with E-state index >= 15 is 0 Å². The molecule has 0 unspecified atom stereocenters. The molecule has 0 saturated carbocycles. The molecule has 1 fully saturated rings. The van der Waals surface area contributed by atoms with Gasteiger partial charge in [-0.15, -0.1) is 0 Å². The molecule has 1 aromatic heterocycles. The third kappa shape index (κ3) is 0.733. The monoisotopic (exact) mass is 125 g/mol. The van der Waals surface area contributed by atoms with Crippen molar-refractivity contribution >= 4 is 0 Å². The van der Waals surface area contributed by atoms with Crippen LogP contribution in [0.1, 0.15) is 17.4 Å². The standard InChI is InChI=1S/C6H7NO2/c1-4-5(2-7-9-4)6-3-8-6/h2,6H,3H2,1H3/t6-/m1/s1. The van der Waals surface area contributed by atoms with Crippen LogP contribution in [0.4, 0.5) is 0 Å². The normalized spacial score (nSPS) is 24.3. The molecule has 9 heavy (non-hydrogen) atoms. The first-order chi connectivity index (χ1) is 4.38. The van der Waals surface area contributed by atoms with E-state index in [1.54, 1.807) is 6.20 Å². The van der Waals surface area contributed by atoms with E-state index < -0.39 is 0 Å². The van der Waals surface area contributed by atoms with E-state index in [-0.39, 0.29) is 6.10 Å². The molecule has 1 saturated heterocycles. The summed E-state index contributed by atoms with van der Waals surface area (Å²) in [4.78, 5) is 0. The third-order valence-electron chi connectivity index (χ3n) is 1.47. The zero-order chi connectivity index (χ0) is 6.27. The molecule has 0 N–H and O–H groups in total. The highest BCUT2D eigenvalue weighted by Crippen LogP contribution is 2.31. The predicted molar refractivity (Wildman–Crippen MR) is 29.9 cm³/mol. The molecule has 0 spiro atoms. The first-order valence-electron chi connectivity index (χ1n) is 2.90. The Bertz CT molecular complexity index is 215. The first-order valence-corrected chi connectivity index (χ1v) is 2.90. The van der Waals surface area contributed by atoms with Gasteiger partial charge in [-0.25, -0.2) is 0 Å². The number of hydrogen-bond donors (Lipinski definition) is 0. The van der Waals surface area contributed by atoms with Gasteiger partial charge in [0.05, 0.1) is 12.8 Å². The van der Waals surface area contributed by atoms with Crippen LogP contribution in [0.3, 0.4) is 0 Å². The summed E-state index contributed by atoms with van der Waals surface area (Å²) in [5.74, 6) is 0.873. The maximum atomic E-state index is 5.03. The van der Waals surface area contributed by atoms with Gasteiger partial charge in [0, 0.05) is 5.56 Å². The van der Waals surface area contributed by atoms with Crippen molar-refractivity contribution < 1.29 is 9.26 Å². The van der Waals surface area contributed by atoms with Gasteiger partial charge in [0.1, 0.15) is 11.9 Å². The summed E-state index contributed by atoms with van der Waals surface area (Å²) in [6.07, 6.45) is 1.99. The van der Waals surface area contributed by atoms with Crippen LogP contribution in [-0.4, -0.2) is 11.8 Å². The number of aromatic nitrogens is 1. The highest BCUT2D eigenvalue weighted by molar-refractivity contribution is 5.18. The molecule has 0 amide bonds. The average molecular weight is 125 g/mol. The molecule has 48 valence electrons. The molecule has 0 radical (unpaired) electrons. The van der Waals surface area contributed by atoms with Crippen LogP contribution in [0, 0.1) is 6.92 Å². The number of ether oxygens (including phenoxy) is 1. The van der Waals surface area contributed by atoms with Gasteiger partial charge < -0.3 is 9.26 Å². The summed E-state index contributed by atoms with van der Waals surface area (Å²) in [6, 6.07) is 0. The molecule has 1 atom stereocenters. The summed E-state index contributed by atoms with van der Waals surface area (Å²) in [6.45, 7) is 2.71. The van der Waals surface area contributed by atoms with Crippen LogP contribution >= 0.6 is 0 Å². The molecular weight excluding hydrogens is 118 g/mol. The summed E-state index contributed by atoms with van der Waals surface area (Å²) in [7, 11) is 0. The van der Waals surface area contributed by atoms with Crippen LogP contribution in [0.15, 0.2) is 10.7 Å². The smallest absolute Gasteiger partial charge is 0.139 e. The van der Waals surface area contributed by atoms with E-state index in [9.17, 15) is 0 Å². The molecular formula is C6H7NO2. The molecule has 0 aromatic carbocycles. The van der Waals surface area contributed by atoms with E-state index in [0.29, 0.717) is 0 Å². The molecule has 2 heterocycles. The lowest BCUT2D eigenvalue weighted by Gasteiger charge is -1.83. The largest absolute Gasteiger partial charge is 0.368 e. The fraction of sp³-hybridized carbons (Fsp3) is 0.500. The van der Waals surface area contributed by atoms with Crippen molar-refractivity contribution in [2.75, 3.05) is 6.61 Å². The van der Waals surface area contributed by atoms with E-state index in [2.05, 4.69) is 5.16 Å². The zero-order valence-electron chi connectivity index (χ0n) is 5.13. The van der Waals surface area contributed by atoms with Crippen molar-refractivity contribution in [2.24, 2.45) is 0 Å². The van der Waals surface area contributed by atoms with Gasteiger partial charge in [0.2, 0.25) is 0 Å². The van der Waals surface area contributed by atoms with Gasteiger partial charge >= 0.3 is 0 Å². The molecule has 3 heteroatoms. The van der Waals surface area contributed by atoms with Crippen molar-refractivity contribution in [3.8, 4) is 0 Å². The fourth-order valence-corrected chi connectivity index (χ4v) is 0.843. The molecule has 0 aliphatic carbocycles. The Hall–Kier alpha value is -0.830. The van der Waals surface area contributed by atoms with Gasteiger partial charge in [-0.1, -0.05) is 5.16 Å². The number of rotatable bonds is 1. The number of hydrogen-bond acceptors (Lipinski definition) is 3. The SMILES string of the molecule is Cc1oncc1[C@H]1CO1. The lowest BCUT2D eigenvalue weighted by molar-refractivity contribution is 0.387. The minimum Gasteiger partial charge on any atom is -0.368 e. The predicted octanol–water partition coefficient (Wildman–Crippen LogP) is 1.05. The fourth-order valence-electron chi connectivity index (χ4n) is 0.843. The van der Waals surface area contributed by atoms with Gasteiger partial charge in [-0.3, -0.25) is 0 Å². The van der Waals surface area contributed by atoms with E-state index in [0.717, 1.165) is 17.9 Å². The molecule has 1 aliphatic rings. The van der Waals surface area contributed by atoms with Crippen molar-refractivity contribution in [2.45, 2.75) is 13.0 Å². The Balaban J connectivity index is 2.35. The minimum absolute atomic E-state index is 0.274. The third-order valence-corrected chi connectivity index (χ3v) is 1.47. The first kappa shape index (κ1) is 4.99. The Morgan fingerprint density at radius 3 is 3.00 bits per heavy atom. The van der Waals surface area contributed by atoms with E-state index in [1.807, 2.05) is 6.92 Å².